The number of hydrogen-bond donors (Lipinski definition) is 0. The molecule has 0 atom stereocenters. The van der Waals surface area contributed by atoms with Crippen molar-refractivity contribution in [1.82, 2.24) is 0 Å². The van der Waals surface area contributed by atoms with Gasteiger partial charge in [0, 0.05) is 0 Å². The molecule has 0 amide bonds. The van der Waals surface area contributed by atoms with E-state index in [9.17, 15) is 0 Å². The van der Waals surface area contributed by atoms with Gasteiger partial charge in [0.25, 0.3) is 0 Å². The molecule has 2 aromatic carbocycles. The van der Waals surface area contributed by atoms with Crippen LogP contribution >= 0.6 is 0 Å². The molecule has 25 heavy (non-hydrogen) atoms. The van der Waals surface area contributed by atoms with Gasteiger partial charge >= 0.3 is 0 Å². The molecule has 0 aromatic heterocycles. The standard InChI is InChI=1S/C10H12.C8H8O2.C3H8.C2H6/c1-8-5-6-9-3-2-4-10(9)7-8;1-6-2-3-7-8(4-6)10-5-9-7;1-3-2;1-2/h5-7H,2-4H2,1H3;2-4H,5H2,1H3;3H2,1-2H3;1-2H3. The molecule has 0 N–H and O–H groups in total. The van der Waals surface area contributed by atoms with Gasteiger partial charge in [-0.05, 0) is 61.9 Å². The molecule has 1 aliphatic carbocycles. The Kier molecular flexibility index (Phi) is 9.76. The number of benzene rings is 2. The Morgan fingerprint density at radius 3 is 2.04 bits per heavy atom. The highest BCUT2D eigenvalue weighted by Crippen LogP contribution is 2.31. The second-order valence-corrected chi connectivity index (χ2v) is 6.19. The summed E-state index contributed by atoms with van der Waals surface area (Å²) in [5.41, 5.74) is 5.76. The molecule has 0 spiro atoms. The van der Waals surface area contributed by atoms with E-state index in [1.165, 1.54) is 36.8 Å². The Labute approximate surface area is 154 Å². The molecule has 1 heterocycles. The second kappa shape index (κ2) is 11.6. The van der Waals surface area contributed by atoms with E-state index in [1.807, 2.05) is 39.0 Å². The van der Waals surface area contributed by atoms with Crippen LogP contribution < -0.4 is 9.47 Å². The number of aryl methyl sites for hydroxylation is 4. The molecule has 2 nitrogen and oxygen atoms in total. The van der Waals surface area contributed by atoms with Crippen LogP contribution in [0, 0.1) is 13.8 Å². The molecule has 0 saturated heterocycles. The van der Waals surface area contributed by atoms with E-state index in [1.54, 1.807) is 11.1 Å². The maximum absolute atomic E-state index is 5.16. The monoisotopic (exact) mass is 342 g/mol. The van der Waals surface area contributed by atoms with E-state index in [-0.39, 0.29) is 0 Å². The van der Waals surface area contributed by atoms with Crippen molar-refractivity contribution in [1.29, 1.82) is 0 Å². The zero-order chi connectivity index (χ0) is 18.7. The van der Waals surface area contributed by atoms with Gasteiger partial charge in [-0.3, -0.25) is 0 Å². The van der Waals surface area contributed by atoms with Gasteiger partial charge < -0.3 is 9.47 Å². The number of rotatable bonds is 0. The first-order valence-corrected chi connectivity index (χ1v) is 9.58. The molecule has 0 saturated carbocycles. The van der Waals surface area contributed by atoms with Crippen molar-refractivity contribution < 1.29 is 9.47 Å². The minimum Gasteiger partial charge on any atom is -0.454 e. The summed E-state index contributed by atoms with van der Waals surface area (Å²) in [6.07, 6.45) is 5.21. The molecule has 0 fully saturated rings. The predicted octanol–water partition coefficient (Wildman–Crippen LogP) is 6.65. The van der Waals surface area contributed by atoms with Gasteiger partial charge in [0.1, 0.15) is 0 Å². The quantitative estimate of drug-likeness (QED) is 0.533. The zero-order valence-electron chi connectivity index (χ0n) is 16.8. The molecular formula is C23H34O2. The topological polar surface area (TPSA) is 18.5 Å². The van der Waals surface area contributed by atoms with Crippen molar-refractivity contribution >= 4 is 0 Å². The van der Waals surface area contributed by atoms with Crippen LogP contribution in [0.15, 0.2) is 36.4 Å². The summed E-state index contributed by atoms with van der Waals surface area (Å²) in [6, 6.07) is 12.7. The smallest absolute Gasteiger partial charge is 0.231 e. The summed E-state index contributed by atoms with van der Waals surface area (Å²) in [4.78, 5) is 0. The lowest BCUT2D eigenvalue weighted by Crippen LogP contribution is -1.92. The third-order valence-electron chi connectivity index (χ3n) is 3.78. The van der Waals surface area contributed by atoms with Gasteiger partial charge in [-0.15, -0.1) is 0 Å². The third-order valence-corrected chi connectivity index (χ3v) is 3.78. The predicted molar refractivity (Wildman–Crippen MR) is 108 cm³/mol. The number of ether oxygens (including phenoxy) is 2. The average molecular weight is 343 g/mol. The van der Waals surface area contributed by atoms with E-state index in [2.05, 4.69) is 39.0 Å². The van der Waals surface area contributed by atoms with E-state index >= 15 is 0 Å². The highest BCUT2D eigenvalue weighted by Gasteiger charge is 2.11. The first kappa shape index (κ1) is 21.1. The Balaban J connectivity index is 0.000000200. The Morgan fingerprint density at radius 1 is 0.760 bits per heavy atom. The van der Waals surface area contributed by atoms with Gasteiger partial charge in [0.2, 0.25) is 6.79 Å². The minimum atomic E-state index is 0.360. The van der Waals surface area contributed by atoms with E-state index < -0.39 is 0 Å². The summed E-state index contributed by atoms with van der Waals surface area (Å²) < 4.78 is 10.3. The van der Waals surface area contributed by atoms with Crippen molar-refractivity contribution in [3.63, 3.8) is 0 Å². The molecule has 2 heteroatoms. The minimum absolute atomic E-state index is 0.360. The summed E-state index contributed by atoms with van der Waals surface area (Å²) in [5.74, 6) is 1.71. The fourth-order valence-corrected chi connectivity index (χ4v) is 2.70. The molecule has 1 aliphatic heterocycles. The van der Waals surface area contributed by atoms with E-state index in [0.29, 0.717) is 6.79 Å². The van der Waals surface area contributed by atoms with Crippen LogP contribution in [0.25, 0.3) is 0 Å². The van der Waals surface area contributed by atoms with Crippen LogP contribution in [0.4, 0.5) is 0 Å². The molecule has 4 rings (SSSR count). The van der Waals surface area contributed by atoms with Crippen LogP contribution in [-0.4, -0.2) is 6.79 Å². The van der Waals surface area contributed by atoms with Gasteiger partial charge in [0.15, 0.2) is 11.5 Å². The fourth-order valence-electron chi connectivity index (χ4n) is 2.70. The summed E-state index contributed by atoms with van der Waals surface area (Å²) in [6.45, 7) is 12.8. The molecule has 0 bridgehead atoms. The SMILES string of the molecule is CC.CCC.Cc1ccc2c(c1)CCC2.Cc1ccc2c(c1)OCO2. The van der Waals surface area contributed by atoms with Crippen molar-refractivity contribution in [3.05, 3.63) is 58.7 Å². The first-order chi connectivity index (χ1) is 12.1. The highest BCUT2D eigenvalue weighted by molar-refractivity contribution is 5.43. The maximum atomic E-state index is 5.16. The van der Waals surface area contributed by atoms with Crippen LogP contribution in [0.2, 0.25) is 0 Å². The van der Waals surface area contributed by atoms with Gasteiger partial charge in [-0.2, -0.15) is 0 Å². The number of hydrogen-bond acceptors (Lipinski definition) is 2. The fraction of sp³-hybridized carbons (Fsp3) is 0.478. The maximum Gasteiger partial charge on any atom is 0.231 e. The lowest BCUT2D eigenvalue weighted by Gasteiger charge is -1.98. The van der Waals surface area contributed by atoms with Gasteiger partial charge in [0.05, 0.1) is 0 Å². The Morgan fingerprint density at radius 2 is 1.32 bits per heavy atom. The first-order valence-electron chi connectivity index (χ1n) is 9.58. The molecule has 0 radical (unpaired) electrons. The largest absolute Gasteiger partial charge is 0.454 e. The molecule has 2 aromatic rings. The second-order valence-electron chi connectivity index (χ2n) is 6.19. The summed E-state index contributed by atoms with van der Waals surface area (Å²) >= 11 is 0. The Bertz CT molecular complexity index is 576. The van der Waals surface area contributed by atoms with Crippen LogP contribution in [0.5, 0.6) is 11.5 Å². The normalized spacial score (nSPS) is 12.6. The van der Waals surface area contributed by atoms with Crippen LogP contribution in [-0.2, 0) is 12.8 Å². The summed E-state index contributed by atoms with van der Waals surface area (Å²) in [7, 11) is 0. The molecular weight excluding hydrogens is 308 g/mol. The van der Waals surface area contributed by atoms with Crippen molar-refractivity contribution in [2.75, 3.05) is 6.79 Å². The zero-order valence-corrected chi connectivity index (χ0v) is 16.8. The average Bonchev–Trinajstić information content (AvgIpc) is 3.26. The summed E-state index contributed by atoms with van der Waals surface area (Å²) in [5, 5.41) is 0. The van der Waals surface area contributed by atoms with Crippen molar-refractivity contribution in [2.45, 2.75) is 67.2 Å². The lowest BCUT2D eigenvalue weighted by molar-refractivity contribution is 0.174. The van der Waals surface area contributed by atoms with Crippen molar-refractivity contribution in [3.8, 4) is 11.5 Å². The van der Waals surface area contributed by atoms with Crippen LogP contribution in [0.1, 0.15) is 62.8 Å². The third kappa shape index (κ3) is 6.81. The molecule has 2 aliphatic rings. The Hall–Kier alpha value is -1.96. The van der Waals surface area contributed by atoms with Gasteiger partial charge in [-0.1, -0.05) is 63.9 Å². The van der Waals surface area contributed by atoms with E-state index in [4.69, 9.17) is 9.47 Å². The molecule has 138 valence electrons. The number of fused-ring (bicyclic) bond motifs is 2. The highest BCUT2D eigenvalue weighted by atomic mass is 16.7. The molecule has 0 unspecified atom stereocenters. The van der Waals surface area contributed by atoms with Gasteiger partial charge in [-0.25, -0.2) is 0 Å². The van der Waals surface area contributed by atoms with E-state index in [0.717, 1.165) is 11.5 Å². The van der Waals surface area contributed by atoms with Crippen LogP contribution in [0.3, 0.4) is 0 Å². The lowest BCUT2D eigenvalue weighted by atomic mass is 10.1. The van der Waals surface area contributed by atoms with Crippen molar-refractivity contribution in [2.24, 2.45) is 0 Å².